The van der Waals surface area contributed by atoms with Gasteiger partial charge in [0.2, 0.25) is 0 Å². The molecule has 0 saturated heterocycles. The molecule has 0 bridgehead atoms. The number of carbonyl (C=O) groups is 2. The minimum absolute atomic E-state index is 0.0255. The summed E-state index contributed by atoms with van der Waals surface area (Å²) in [6.07, 6.45) is -3.07. The zero-order valence-electron chi connectivity index (χ0n) is 40.5. The first-order valence-electron chi connectivity index (χ1n) is 22.3. The van der Waals surface area contributed by atoms with Gasteiger partial charge >= 0.3 is 12.2 Å². The van der Waals surface area contributed by atoms with Gasteiger partial charge in [0.1, 0.15) is 62.0 Å². The van der Waals surface area contributed by atoms with Crippen molar-refractivity contribution in [3.8, 4) is 23.0 Å². The van der Waals surface area contributed by atoms with Crippen molar-refractivity contribution < 1.29 is 57.0 Å². The van der Waals surface area contributed by atoms with E-state index in [1.165, 1.54) is 0 Å². The Kier molecular flexibility index (Phi) is 22.3. The molecule has 4 aromatic rings. The zero-order chi connectivity index (χ0) is 48.0. The molecule has 4 atom stereocenters. The van der Waals surface area contributed by atoms with Crippen molar-refractivity contribution in [1.29, 1.82) is 0 Å². The number of benzene rings is 4. The average molecular weight is 949 g/mol. The molecule has 2 amide bonds. The van der Waals surface area contributed by atoms with Crippen molar-refractivity contribution in [1.82, 2.24) is 10.6 Å². The molecule has 0 aliphatic heterocycles. The van der Waals surface area contributed by atoms with E-state index < -0.39 is 52.6 Å². The molecule has 0 unspecified atom stereocenters. The van der Waals surface area contributed by atoms with Crippen LogP contribution in [0.4, 0.5) is 9.59 Å². The third-order valence-electron chi connectivity index (χ3n) is 10.6. The minimum Gasteiger partial charge on any atom is -0.497 e. The van der Waals surface area contributed by atoms with Crippen LogP contribution in [-0.4, -0.2) is 108 Å². The molecule has 0 fully saturated rings. The normalized spacial score (nSPS) is 13.4. The second kappa shape index (κ2) is 27.5. The summed E-state index contributed by atoms with van der Waals surface area (Å²) in [6.45, 7) is 14.3. The Morgan fingerprint density at radius 1 is 0.485 bits per heavy atom. The van der Waals surface area contributed by atoms with Gasteiger partial charge in [-0.3, -0.25) is 0 Å². The van der Waals surface area contributed by atoms with Crippen molar-refractivity contribution in [2.24, 2.45) is 0 Å². The van der Waals surface area contributed by atoms with E-state index in [0.29, 0.717) is 36.2 Å². The lowest BCUT2D eigenvalue weighted by Crippen LogP contribution is -2.59. The number of hydrogen-bond acceptors (Lipinski definition) is 12. The number of amides is 2. The van der Waals surface area contributed by atoms with Crippen LogP contribution in [0.5, 0.6) is 23.0 Å². The lowest BCUT2D eigenvalue weighted by molar-refractivity contribution is -0.180. The second-order valence-corrected chi connectivity index (χ2v) is 29.7. The Hall–Kier alpha value is -5.11. The van der Waals surface area contributed by atoms with Gasteiger partial charge < -0.3 is 58.0 Å². The highest BCUT2D eigenvalue weighted by Gasteiger charge is 2.40. The molecule has 0 aliphatic rings. The molecule has 4 rings (SSSR count). The number of nitrogens with one attached hydrogen (secondary N) is 2. The highest BCUT2D eigenvalue weighted by molar-refractivity contribution is 6.76. The second-order valence-electron chi connectivity index (χ2n) is 18.4. The van der Waals surface area contributed by atoms with Crippen LogP contribution >= 0.6 is 0 Å². The van der Waals surface area contributed by atoms with Crippen molar-refractivity contribution in [2.75, 3.05) is 55.2 Å². The molecule has 362 valence electrons. The van der Waals surface area contributed by atoms with E-state index in [1.807, 2.05) is 84.9 Å². The summed E-state index contributed by atoms with van der Waals surface area (Å²) in [4.78, 5) is 28.1. The summed E-state index contributed by atoms with van der Waals surface area (Å²) in [7, 11) is 3.36. The first-order chi connectivity index (χ1) is 31.6. The van der Waals surface area contributed by atoms with E-state index in [1.54, 1.807) is 40.6 Å². The summed E-state index contributed by atoms with van der Waals surface area (Å²) in [6, 6.07) is 29.9. The van der Waals surface area contributed by atoms with Gasteiger partial charge in [0, 0.05) is 41.5 Å². The van der Waals surface area contributed by atoms with E-state index in [4.69, 9.17) is 47.4 Å². The maximum atomic E-state index is 14.0. The zero-order valence-corrected chi connectivity index (χ0v) is 42.5. The van der Waals surface area contributed by atoms with Gasteiger partial charge in [0.05, 0.1) is 40.5 Å². The van der Waals surface area contributed by atoms with Gasteiger partial charge in [0.15, 0.2) is 0 Å². The predicted octanol–water partition coefficient (Wildman–Crippen LogP) is 9.49. The number of alkyl carbamates (subject to hydrolysis) is 2. The molecule has 0 saturated carbocycles. The SMILES string of the molecule is COc1cc(C[C@@H](NC(=O)OCc2ccccc2)[C@H](OCOCC[Si](C)(C)C)[C@@H](OCOCC[Si](C)(C)C)[C@@H](Cc2cc(OC)cc(OC)c2)NC(=O)OCc2ccccc2)cc(OC)c1. The van der Waals surface area contributed by atoms with Gasteiger partial charge in [-0.25, -0.2) is 9.59 Å². The van der Waals surface area contributed by atoms with Crippen LogP contribution in [0.1, 0.15) is 22.3 Å². The van der Waals surface area contributed by atoms with Crippen LogP contribution in [0.25, 0.3) is 0 Å². The minimum atomic E-state index is -1.47. The summed E-state index contributed by atoms with van der Waals surface area (Å²) >= 11 is 0. The van der Waals surface area contributed by atoms with Crippen LogP contribution in [0.15, 0.2) is 97.1 Å². The van der Waals surface area contributed by atoms with E-state index in [2.05, 4.69) is 49.9 Å². The van der Waals surface area contributed by atoms with Crippen molar-refractivity contribution >= 4 is 28.3 Å². The molecular formula is C50H72N2O12Si2. The number of methoxy groups -OCH3 is 4. The Morgan fingerprint density at radius 2 is 0.818 bits per heavy atom. The third-order valence-corrected chi connectivity index (χ3v) is 14.0. The van der Waals surface area contributed by atoms with E-state index in [0.717, 1.165) is 34.3 Å². The topological polar surface area (TPSA) is 150 Å². The monoisotopic (exact) mass is 948 g/mol. The Bertz CT molecular complexity index is 1840. The largest absolute Gasteiger partial charge is 0.497 e. The van der Waals surface area contributed by atoms with Crippen molar-refractivity contribution in [3.63, 3.8) is 0 Å². The van der Waals surface area contributed by atoms with Crippen LogP contribution < -0.4 is 29.6 Å². The first kappa shape index (κ1) is 53.5. The predicted molar refractivity (Wildman–Crippen MR) is 261 cm³/mol. The fourth-order valence-electron chi connectivity index (χ4n) is 6.82. The van der Waals surface area contributed by atoms with Crippen molar-refractivity contribution in [3.05, 3.63) is 119 Å². The molecule has 16 heteroatoms. The lowest BCUT2D eigenvalue weighted by Gasteiger charge is -2.38. The van der Waals surface area contributed by atoms with Gasteiger partial charge in [-0.05, 0) is 71.4 Å². The highest BCUT2D eigenvalue weighted by Crippen LogP contribution is 2.29. The smallest absolute Gasteiger partial charge is 0.407 e. The van der Waals surface area contributed by atoms with E-state index in [9.17, 15) is 9.59 Å². The van der Waals surface area contributed by atoms with Gasteiger partial charge in [-0.1, -0.05) is 99.9 Å². The number of hydrogen-bond donors (Lipinski definition) is 2. The van der Waals surface area contributed by atoms with Crippen LogP contribution in [0, 0.1) is 0 Å². The average Bonchev–Trinajstić information content (AvgIpc) is 3.29. The van der Waals surface area contributed by atoms with Gasteiger partial charge in [-0.15, -0.1) is 0 Å². The molecule has 0 aromatic heterocycles. The molecule has 0 radical (unpaired) electrons. The lowest BCUT2D eigenvalue weighted by atomic mass is 9.90. The van der Waals surface area contributed by atoms with Gasteiger partial charge in [-0.2, -0.15) is 0 Å². The van der Waals surface area contributed by atoms with E-state index in [-0.39, 0.29) is 39.6 Å². The quantitative estimate of drug-likeness (QED) is 0.0303. The van der Waals surface area contributed by atoms with Gasteiger partial charge in [0.25, 0.3) is 0 Å². The molecule has 4 aromatic carbocycles. The number of carbonyl (C=O) groups excluding carboxylic acids is 2. The fraction of sp³-hybridized carbons (Fsp3) is 0.480. The molecule has 0 heterocycles. The molecule has 0 spiro atoms. The molecule has 14 nitrogen and oxygen atoms in total. The third kappa shape index (κ3) is 20.2. The fourth-order valence-corrected chi connectivity index (χ4v) is 8.33. The van der Waals surface area contributed by atoms with E-state index >= 15 is 0 Å². The van der Waals surface area contributed by atoms with Crippen LogP contribution in [0.3, 0.4) is 0 Å². The Balaban J connectivity index is 1.86. The standard InChI is InChI=1S/C50H72N2O12Si2/c1-55-41-25-39(26-42(31-41)56-2)29-45(51-49(53)61-33-37-17-13-11-14-18-37)47(63-35-59-21-23-65(5,6)7)48(64-36-60-22-24-66(8,9)10)46(30-40-27-43(57-3)32-44(28-40)58-4)52-50(54)62-34-38-19-15-12-16-20-38/h11-20,25-28,31-32,45-48H,21-24,29-30,33-36H2,1-10H3,(H,51,53)(H,52,54)/t45-,46-,47+,48+/m1/s1. The Labute approximate surface area is 393 Å². The summed E-state index contributed by atoms with van der Waals surface area (Å²) in [5.41, 5.74) is 3.13. The summed E-state index contributed by atoms with van der Waals surface area (Å²) in [5.74, 6) is 2.22. The summed E-state index contributed by atoms with van der Waals surface area (Å²) in [5, 5.41) is 6.23. The number of ether oxygens (including phenoxy) is 10. The van der Waals surface area contributed by atoms with Crippen molar-refractivity contribution in [2.45, 2.75) is 102 Å². The molecule has 66 heavy (non-hydrogen) atoms. The molecule has 2 N–H and O–H groups in total. The summed E-state index contributed by atoms with van der Waals surface area (Å²) < 4.78 is 60.3. The van der Waals surface area contributed by atoms with Crippen LogP contribution in [-0.2, 0) is 54.5 Å². The Morgan fingerprint density at radius 3 is 1.12 bits per heavy atom. The maximum Gasteiger partial charge on any atom is 0.407 e. The molecular weight excluding hydrogens is 877 g/mol. The first-order valence-corrected chi connectivity index (χ1v) is 29.8. The molecule has 0 aliphatic carbocycles. The number of rotatable bonds is 29. The van der Waals surface area contributed by atoms with Crippen LogP contribution in [0.2, 0.25) is 51.4 Å². The maximum absolute atomic E-state index is 14.0. The highest BCUT2D eigenvalue weighted by atomic mass is 28.3.